The molecule has 1 heterocycles. The normalized spacial score (nSPS) is 19.4. The average Bonchev–Trinajstić information content (AvgIpc) is 2.76. The summed E-state index contributed by atoms with van der Waals surface area (Å²) in [4.78, 5) is 2.33. The smallest absolute Gasteiger partial charge is 0.101 e. The Morgan fingerprint density at radius 2 is 2.35 bits per heavy atom. The quantitative estimate of drug-likeness (QED) is 0.863. The minimum Gasteiger partial charge on any atom is -0.370 e. The molecule has 1 aliphatic heterocycles. The average molecular weight is 229 g/mol. The summed E-state index contributed by atoms with van der Waals surface area (Å²) >= 11 is 0. The first-order valence-electron chi connectivity index (χ1n) is 6.17. The summed E-state index contributed by atoms with van der Waals surface area (Å²) in [5.41, 5.74) is 3.06. The van der Waals surface area contributed by atoms with E-state index in [0.29, 0.717) is 0 Å². The first-order valence-corrected chi connectivity index (χ1v) is 6.17. The minimum atomic E-state index is 0.735. The molecule has 0 spiro atoms. The number of nitrogens with one attached hydrogen (secondary N) is 1. The van der Waals surface area contributed by atoms with Gasteiger partial charge < -0.3 is 10.2 Å². The van der Waals surface area contributed by atoms with Crippen molar-refractivity contribution < 1.29 is 0 Å². The van der Waals surface area contributed by atoms with Gasteiger partial charge in [-0.15, -0.1) is 0 Å². The highest BCUT2D eigenvalue weighted by Gasteiger charge is 2.21. The van der Waals surface area contributed by atoms with Crippen molar-refractivity contribution >= 4 is 5.69 Å². The van der Waals surface area contributed by atoms with Crippen LogP contribution in [-0.2, 0) is 6.54 Å². The summed E-state index contributed by atoms with van der Waals surface area (Å²) in [6.45, 7) is 5.22. The first kappa shape index (κ1) is 11.9. The maximum absolute atomic E-state index is 9.24. The van der Waals surface area contributed by atoms with Crippen molar-refractivity contribution in [1.29, 1.82) is 5.26 Å². The molecule has 1 saturated heterocycles. The minimum absolute atomic E-state index is 0.735. The molecule has 90 valence electrons. The van der Waals surface area contributed by atoms with E-state index >= 15 is 0 Å². The third-order valence-corrected chi connectivity index (χ3v) is 3.33. The zero-order valence-electron chi connectivity index (χ0n) is 10.5. The number of nitriles is 1. The van der Waals surface area contributed by atoms with Crippen molar-refractivity contribution in [3.63, 3.8) is 0 Å². The van der Waals surface area contributed by atoms with Crippen LogP contribution in [0.3, 0.4) is 0 Å². The molecule has 0 amide bonds. The van der Waals surface area contributed by atoms with Crippen LogP contribution in [0.25, 0.3) is 0 Å². The second kappa shape index (κ2) is 5.20. The van der Waals surface area contributed by atoms with Crippen molar-refractivity contribution in [2.75, 3.05) is 25.0 Å². The molecule has 1 unspecified atom stereocenters. The lowest BCUT2D eigenvalue weighted by molar-refractivity contribution is 0.659. The van der Waals surface area contributed by atoms with E-state index in [4.69, 9.17) is 0 Å². The van der Waals surface area contributed by atoms with Gasteiger partial charge >= 0.3 is 0 Å². The van der Waals surface area contributed by atoms with Gasteiger partial charge in [-0.25, -0.2) is 0 Å². The van der Waals surface area contributed by atoms with Gasteiger partial charge in [0, 0.05) is 19.6 Å². The lowest BCUT2D eigenvalue weighted by atomic mass is 10.1. The molecule has 1 atom stereocenters. The van der Waals surface area contributed by atoms with Crippen LogP contribution in [-0.4, -0.2) is 20.1 Å². The van der Waals surface area contributed by atoms with Gasteiger partial charge in [-0.1, -0.05) is 13.0 Å². The Balaban J connectivity index is 2.25. The Kier molecular flexibility index (Phi) is 3.65. The largest absolute Gasteiger partial charge is 0.370 e. The summed E-state index contributed by atoms with van der Waals surface area (Å²) in [6, 6.07) is 8.50. The van der Waals surface area contributed by atoms with E-state index in [0.717, 1.165) is 36.8 Å². The zero-order valence-corrected chi connectivity index (χ0v) is 10.5. The highest BCUT2D eigenvalue weighted by molar-refractivity contribution is 5.61. The first-order chi connectivity index (χ1) is 8.24. The number of anilines is 1. The molecule has 1 aliphatic rings. The number of benzene rings is 1. The van der Waals surface area contributed by atoms with Gasteiger partial charge in [0.1, 0.15) is 6.07 Å². The number of hydrogen-bond acceptors (Lipinski definition) is 3. The van der Waals surface area contributed by atoms with Crippen molar-refractivity contribution in [1.82, 2.24) is 5.32 Å². The van der Waals surface area contributed by atoms with Crippen molar-refractivity contribution in [3.8, 4) is 6.07 Å². The second-order valence-electron chi connectivity index (χ2n) is 4.83. The molecule has 0 aromatic heterocycles. The van der Waals surface area contributed by atoms with E-state index in [2.05, 4.69) is 35.3 Å². The Labute approximate surface area is 103 Å². The molecule has 1 aromatic rings. The van der Waals surface area contributed by atoms with Gasteiger partial charge in [0.15, 0.2) is 0 Å². The molecule has 0 saturated carbocycles. The van der Waals surface area contributed by atoms with Crippen LogP contribution in [0.15, 0.2) is 18.2 Å². The fourth-order valence-electron chi connectivity index (χ4n) is 2.42. The maximum atomic E-state index is 9.24. The third kappa shape index (κ3) is 2.59. The van der Waals surface area contributed by atoms with E-state index in [9.17, 15) is 5.26 Å². The Hall–Kier alpha value is -1.53. The van der Waals surface area contributed by atoms with E-state index < -0.39 is 0 Å². The third-order valence-electron chi connectivity index (χ3n) is 3.33. The standard InChI is InChI=1S/C14H19N3/c1-11-5-6-17(10-11)14-4-3-12(9-16-2)7-13(14)8-15/h3-4,7,11,16H,5-6,9-10H2,1-2H3. The van der Waals surface area contributed by atoms with Crippen LogP contribution in [0.1, 0.15) is 24.5 Å². The van der Waals surface area contributed by atoms with Gasteiger partial charge in [0.05, 0.1) is 11.3 Å². The highest BCUT2D eigenvalue weighted by atomic mass is 15.1. The molecular formula is C14H19N3. The molecule has 1 fully saturated rings. The number of rotatable bonds is 3. The topological polar surface area (TPSA) is 39.1 Å². The molecule has 3 nitrogen and oxygen atoms in total. The molecule has 1 aromatic carbocycles. The Morgan fingerprint density at radius 1 is 1.53 bits per heavy atom. The predicted molar refractivity (Wildman–Crippen MR) is 69.9 cm³/mol. The predicted octanol–water partition coefficient (Wildman–Crippen LogP) is 2.12. The Bertz CT molecular complexity index is 434. The summed E-state index contributed by atoms with van der Waals surface area (Å²) in [7, 11) is 1.92. The molecule has 17 heavy (non-hydrogen) atoms. The van der Waals surface area contributed by atoms with Gasteiger partial charge in [0.2, 0.25) is 0 Å². The van der Waals surface area contributed by atoms with Crippen LogP contribution < -0.4 is 10.2 Å². The van der Waals surface area contributed by atoms with Crippen LogP contribution >= 0.6 is 0 Å². The van der Waals surface area contributed by atoms with Crippen molar-refractivity contribution in [2.24, 2.45) is 5.92 Å². The number of nitrogens with zero attached hydrogens (tertiary/aromatic N) is 2. The van der Waals surface area contributed by atoms with Crippen molar-refractivity contribution in [2.45, 2.75) is 19.9 Å². The van der Waals surface area contributed by atoms with Crippen LogP contribution in [0.2, 0.25) is 0 Å². The van der Waals surface area contributed by atoms with Gasteiger partial charge in [-0.2, -0.15) is 5.26 Å². The molecule has 3 heteroatoms. The van der Waals surface area contributed by atoms with Gasteiger partial charge in [-0.05, 0) is 37.1 Å². The van der Waals surface area contributed by atoms with Gasteiger partial charge in [-0.3, -0.25) is 0 Å². The monoisotopic (exact) mass is 229 g/mol. The molecule has 0 aliphatic carbocycles. The number of hydrogen-bond donors (Lipinski definition) is 1. The van der Waals surface area contributed by atoms with E-state index in [1.54, 1.807) is 0 Å². The van der Waals surface area contributed by atoms with E-state index in [1.807, 2.05) is 13.1 Å². The van der Waals surface area contributed by atoms with Gasteiger partial charge in [0.25, 0.3) is 0 Å². The maximum Gasteiger partial charge on any atom is 0.101 e. The zero-order chi connectivity index (χ0) is 12.3. The van der Waals surface area contributed by atoms with E-state index in [1.165, 1.54) is 12.0 Å². The molecule has 0 bridgehead atoms. The summed E-state index contributed by atoms with van der Waals surface area (Å²) in [6.07, 6.45) is 1.23. The summed E-state index contributed by atoms with van der Waals surface area (Å²) in [5, 5.41) is 12.3. The van der Waals surface area contributed by atoms with Crippen molar-refractivity contribution in [3.05, 3.63) is 29.3 Å². The van der Waals surface area contributed by atoms with E-state index in [-0.39, 0.29) is 0 Å². The highest BCUT2D eigenvalue weighted by Crippen LogP contribution is 2.27. The fraction of sp³-hybridized carbons (Fsp3) is 0.500. The fourth-order valence-corrected chi connectivity index (χ4v) is 2.42. The molecular weight excluding hydrogens is 210 g/mol. The van der Waals surface area contributed by atoms with Crippen LogP contribution in [0.4, 0.5) is 5.69 Å². The second-order valence-corrected chi connectivity index (χ2v) is 4.83. The summed E-state index contributed by atoms with van der Waals surface area (Å²) < 4.78 is 0. The van der Waals surface area contributed by atoms with Crippen LogP contribution in [0, 0.1) is 17.2 Å². The Morgan fingerprint density at radius 3 is 2.94 bits per heavy atom. The SMILES string of the molecule is CNCc1ccc(N2CCC(C)C2)c(C#N)c1. The van der Waals surface area contributed by atoms with Crippen LogP contribution in [0.5, 0.6) is 0 Å². The molecule has 2 rings (SSSR count). The molecule has 0 radical (unpaired) electrons. The molecule has 1 N–H and O–H groups in total. The lowest BCUT2D eigenvalue weighted by Crippen LogP contribution is -2.20. The lowest BCUT2D eigenvalue weighted by Gasteiger charge is -2.20. The summed E-state index contributed by atoms with van der Waals surface area (Å²) in [5.74, 6) is 0.735.